The van der Waals surface area contributed by atoms with Crippen LogP contribution in [0, 0.1) is 5.92 Å². The van der Waals surface area contributed by atoms with Gasteiger partial charge in [0.1, 0.15) is 6.54 Å². The quantitative estimate of drug-likeness (QED) is 0.666. The first-order valence-corrected chi connectivity index (χ1v) is 14.2. The Kier molecular flexibility index (Phi) is 6.24. The van der Waals surface area contributed by atoms with Crippen molar-refractivity contribution in [2.75, 3.05) is 36.8 Å². The van der Waals surface area contributed by atoms with Crippen molar-refractivity contribution in [3.63, 3.8) is 0 Å². The van der Waals surface area contributed by atoms with E-state index in [9.17, 15) is 18.0 Å². The molecule has 9 heteroatoms. The highest BCUT2D eigenvalue weighted by Gasteiger charge is 2.38. The molecule has 0 N–H and O–H groups in total. The minimum Gasteiger partial charge on any atom is -0.338 e. The standard InChI is InChI=1S/C23H31N3O4S2/c27-22(25-13-5-7-17-6-1-2-8-19(17)25)15-26-20-14-18(9-10-21(20)31-16-23(26)28)32(29,30)24-11-3-4-12-24/h9-10,14,17,19H,1-8,11-13,15-16H2/t17-,19-/m1/s1. The summed E-state index contributed by atoms with van der Waals surface area (Å²) in [6.45, 7) is 1.81. The minimum absolute atomic E-state index is 0.0111. The average molecular weight is 478 g/mol. The van der Waals surface area contributed by atoms with Crippen molar-refractivity contribution >= 4 is 39.3 Å². The van der Waals surface area contributed by atoms with Gasteiger partial charge >= 0.3 is 0 Å². The summed E-state index contributed by atoms with van der Waals surface area (Å²) in [5.74, 6) is 0.702. The molecule has 0 bridgehead atoms. The second-order valence-electron chi connectivity index (χ2n) is 9.35. The molecule has 2 amide bonds. The van der Waals surface area contributed by atoms with Crippen molar-refractivity contribution in [1.82, 2.24) is 9.21 Å². The Bertz CT molecular complexity index is 1000. The summed E-state index contributed by atoms with van der Waals surface area (Å²) in [5, 5.41) is 0. The fourth-order valence-electron chi connectivity index (χ4n) is 5.75. The molecule has 3 fully saturated rings. The highest BCUT2D eigenvalue weighted by atomic mass is 32.2. The predicted octanol–water partition coefficient (Wildman–Crippen LogP) is 3.09. The minimum atomic E-state index is -3.59. The monoisotopic (exact) mass is 477 g/mol. The van der Waals surface area contributed by atoms with Crippen LogP contribution in [0.2, 0.25) is 0 Å². The molecule has 1 aromatic rings. The Balaban J connectivity index is 1.40. The van der Waals surface area contributed by atoms with E-state index in [-0.39, 0.29) is 29.0 Å². The number of carbonyl (C=O) groups excluding carboxylic acids is 2. The predicted molar refractivity (Wildman–Crippen MR) is 124 cm³/mol. The van der Waals surface area contributed by atoms with Crippen LogP contribution in [0.3, 0.4) is 0 Å². The van der Waals surface area contributed by atoms with Gasteiger partial charge in [0.25, 0.3) is 0 Å². The van der Waals surface area contributed by atoms with Gasteiger partial charge < -0.3 is 9.80 Å². The Morgan fingerprint density at radius 3 is 2.56 bits per heavy atom. The Morgan fingerprint density at radius 1 is 1.00 bits per heavy atom. The largest absolute Gasteiger partial charge is 0.338 e. The molecule has 2 atom stereocenters. The van der Waals surface area contributed by atoms with E-state index in [0.717, 1.165) is 43.5 Å². The van der Waals surface area contributed by atoms with Gasteiger partial charge in [-0.15, -0.1) is 11.8 Å². The first kappa shape index (κ1) is 22.2. The molecule has 32 heavy (non-hydrogen) atoms. The summed E-state index contributed by atoms with van der Waals surface area (Å²) in [6, 6.07) is 5.30. The van der Waals surface area contributed by atoms with Crippen molar-refractivity contribution in [3.8, 4) is 0 Å². The van der Waals surface area contributed by atoms with E-state index in [2.05, 4.69) is 0 Å². The normalized spacial score (nSPS) is 26.7. The van der Waals surface area contributed by atoms with Gasteiger partial charge in [0, 0.05) is 30.6 Å². The number of carbonyl (C=O) groups is 2. The van der Waals surface area contributed by atoms with Crippen LogP contribution >= 0.6 is 11.8 Å². The molecule has 3 heterocycles. The molecule has 0 radical (unpaired) electrons. The van der Waals surface area contributed by atoms with Crippen LogP contribution in [-0.2, 0) is 19.6 Å². The van der Waals surface area contributed by atoms with Gasteiger partial charge in [-0.25, -0.2) is 8.42 Å². The molecule has 5 rings (SSSR count). The van der Waals surface area contributed by atoms with E-state index in [4.69, 9.17) is 0 Å². The van der Waals surface area contributed by atoms with Gasteiger partial charge in [0.2, 0.25) is 21.8 Å². The topological polar surface area (TPSA) is 78.0 Å². The van der Waals surface area contributed by atoms with E-state index in [1.165, 1.54) is 40.2 Å². The number of benzene rings is 1. The van der Waals surface area contributed by atoms with Crippen LogP contribution in [0.5, 0.6) is 0 Å². The van der Waals surface area contributed by atoms with Crippen molar-refractivity contribution in [2.24, 2.45) is 5.92 Å². The molecule has 0 unspecified atom stereocenters. The molecule has 3 aliphatic heterocycles. The first-order chi connectivity index (χ1) is 15.4. The highest BCUT2D eigenvalue weighted by Crippen LogP contribution is 2.39. The molecule has 1 aliphatic carbocycles. The Labute approximate surface area is 194 Å². The molecule has 4 aliphatic rings. The second-order valence-corrected chi connectivity index (χ2v) is 12.3. The molecular weight excluding hydrogens is 446 g/mol. The zero-order chi connectivity index (χ0) is 22.3. The average Bonchev–Trinajstić information content (AvgIpc) is 3.36. The number of fused-ring (bicyclic) bond motifs is 2. The third-order valence-electron chi connectivity index (χ3n) is 7.43. The maximum absolute atomic E-state index is 13.4. The van der Waals surface area contributed by atoms with Crippen LogP contribution < -0.4 is 4.90 Å². The third kappa shape index (κ3) is 4.07. The van der Waals surface area contributed by atoms with Crippen molar-refractivity contribution in [1.29, 1.82) is 0 Å². The lowest BCUT2D eigenvalue weighted by Gasteiger charge is -2.44. The fraction of sp³-hybridized carbons (Fsp3) is 0.652. The summed E-state index contributed by atoms with van der Waals surface area (Å²) >= 11 is 1.41. The van der Waals surface area contributed by atoms with E-state index < -0.39 is 10.0 Å². The number of sulfonamides is 1. The van der Waals surface area contributed by atoms with Crippen LogP contribution in [0.15, 0.2) is 28.0 Å². The summed E-state index contributed by atoms with van der Waals surface area (Å²) in [7, 11) is -3.59. The molecule has 7 nitrogen and oxygen atoms in total. The number of rotatable bonds is 4. The van der Waals surface area contributed by atoms with E-state index in [1.807, 2.05) is 4.90 Å². The maximum atomic E-state index is 13.4. The molecule has 174 valence electrons. The number of hydrogen-bond donors (Lipinski definition) is 0. The SMILES string of the molecule is O=C1CSc2ccc(S(=O)(=O)N3CCCC3)cc2N1CC(=O)N1CCC[C@H]2CCCC[C@H]21. The Morgan fingerprint density at radius 2 is 1.75 bits per heavy atom. The molecule has 1 saturated carbocycles. The van der Waals surface area contributed by atoms with E-state index >= 15 is 0 Å². The van der Waals surface area contributed by atoms with Crippen LogP contribution in [0.4, 0.5) is 5.69 Å². The van der Waals surface area contributed by atoms with Gasteiger partial charge in [0.15, 0.2) is 0 Å². The number of hydrogen-bond acceptors (Lipinski definition) is 5. The maximum Gasteiger partial charge on any atom is 0.243 e. The lowest BCUT2D eigenvalue weighted by molar-refractivity contribution is -0.137. The van der Waals surface area contributed by atoms with E-state index in [1.54, 1.807) is 18.2 Å². The lowest BCUT2D eigenvalue weighted by atomic mass is 9.78. The van der Waals surface area contributed by atoms with Crippen LogP contribution in [0.1, 0.15) is 51.4 Å². The molecule has 0 spiro atoms. The number of amides is 2. The number of anilines is 1. The number of thioether (sulfide) groups is 1. The van der Waals surface area contributed by atoms with Crippen LogP contribution in [0.25, 0.3) is 0 Å². The number of piperidine rings is 1. The van der Waals surface area contributed by atoms with E-state index in [0.29, 0.717) is 30.7 Å². The van der Waals surface area contributed by atoms with Gasteiger partial charge in [0.05, 0.1) is 16.3 Å². The van der Waals surface area contributed by atoms with Crippen molar-refractivity contribution in [2.45, 2.75) is 67.2 Å². The number of nitrogens with zero attached hydrogens (tertiary/aromatic N) is 3. The summed E-state index contributed by atoms with van der Waals surface area (Å²) in [6.07, 6.45) is 8.59. The highest BCUT2D eigenvalue weighted by molar-refractivity contribution is 8.00. The zero-order valence-electron chi connectivity index (χ0n) is 18.4. The second kappa shape index (κ2) is 8.99. The zero-order valence-corrected chi connectivity index (χ0v) is 20.0. The first-order valence-electron chi connectivity index (χ1n) is 11.8. The summed E-state index contributed by atoms with van der Waals surface area (Å²) in [5.41, 5.74) is 0.553. The number of likely N-dealkylation sites (tertiary alicyclic amines) is 1. The molecule has 0 aromatic heterocycles. The lowest BCUT2D eigenvalue weighted by Crippen LogP contribution is -2.53. The molecule has 1 aromatic carbocycles. The van der Waals surface area contributed by atoms with Gasteiger partial charge in [-0.05, 0) is 62.6 Å². The van der Waals surface area contributed by atoms with Crippen LogP contribution in [-0.4, -0.2) is 67.4 Å². The fourth-order valence-corrected chi connectivity index (χ4v) is 8.21. The Hall–Kier alpha value is -1.58. The van der Waals surface area contributed by atoms with Crippen molar-refractivity contribution < 1.29 is 18.0 Å². The summed E-state index contributed by atoms with van der Waals surface area (Å²) in [4.78, 5) is 30.8. The van der Waals surface area contributed by atoms with Gasteiger partial charge in [-0.1, -0.05) is 12.8 Å². The van der Waals surface area contributed by atoms with Crippen molar-refractivity contribution in [3.05, 3.63) is 18.2 Å². The smallest absolute Gasteiger partial charge is 0.243 e. The molecular formula is C23H31N3O4S2. The summed E-state index contributed by atoms with van der Waals surface area (Å²) < 4.78 is 27.7. The van der Waals surface area contributed by atoms with Gasteiger partial charge in [-0.3, -0.25) is 9.59 Å². The molecule has 2 saturated heterocycles. The van der Waals surface area contributed by atoms with Gasteiger partial charge in [-0.2, -0.15) is 4.31 Å². The third-order valence-corrected chi connectivity index (χ3v) is 10.4.